The molecule has 0 aliphatic carbocycles. The van der Waals surface area contributed by atoms with E-state index in [2.05, 4.69) is 27.1 Å². The summed E-state index contributed by atoms with van der Waals surface area (Å²) in [5, 5.41) is 7.65. The zero-order chi connectivity index (χ0) is 22.6. The van der Waals surface area contributed by atoms with Crippen LogP contribution in [-0.4, -0.2) is 40.9 Å². The second-order valence-electron chi connectivity index (χ2n) is 7.75. The lowest BCUT2D eigenvalue weighted by Crippen LogP contribution is -2.48. The molecule has 9 heteroatoms. The van der Waals surface area contributed by atoms with Crippen LogP contribution in [0.2, 0.25) is 5.02 Å². The fraction of sp³-hybridized carbons (Fsp3) is 0.304. The number of nitrogens with zero attached hydrogens (tertiary/aromatic N) is 1. The van der Waals surface area contributed by atoms with Crippen LogP contribution in [0.15, 0.2) is 65.2 Å². The Kier molecular flexibility index (Phi) is 7.25. The molecule has 168 valence electrons. The highest BCUT2D eigenvalue weighted by Crippen LogP contribution is 2.32. The van der Waals surface area contributed by atoms with E-state index >= 15 is 0 Å². The van der Waals surface area contributed by atoms with Gasteiger partial charge in [0.2, 0.25) is 0 Å². The van der Waals surface area contributed by atoms with Gasteiger partial charge in [0.25, 0.3) is 5.91 Å². The summed E-state index contributed by atoms with van der Waals surface area (Å²) in [7, 11) is 0. The van der Waals surface area contributed by atoms with Gasteiger partial charge >= 0.3 is 0 Å². The van der Waals surface area contributed by atoms with Crippen LogP contribution in [0.5, 0.6) is 0 Å². The predicted molar refractivity (Wildman–Crippen MR) is 134 cm³/mol. The molecule has 4 rings (SSSR count). The van der Waals surface area contributed by atoms with Crippen molar-refractivity contribution < 1.29 is 9.63 Å². The molecular formula is C23H25ClN4O2S2. The Labute approximate surface area is 202 Å². The first-order chi connectivity index (χ1) is 15.5. The van der Waals surface area contributed by atoms with Crippen LogP contribution >= 0.6 is 35.6 Å². The quantitative estimate of drug-likeness (QED) is 0.427. The van der Waals surface area contributed by atoms with Crippen LogP contribution < -0.4 is 16.1 Å². The fourth-order valence-electron chi connectivity index (χ4n) is 3.75. The number of anilines is 1. The van der Waals surface area contributed by atoms with Gasteiger partial charge in [-0.2, -0.15) is 0 Å². The van der Waals surface area contributed by atoms with E-state index < -0.39 is 5.60 Å². The number of nitrogens with one attached hydrogen (secondary N) is 3. The molecule has 1 fully saturated rings. The lowest BCUT2D eigenvalue weighted by Gasteiger charge is -2.38. The Hall–Kier alpha value is -2.26. The van der Waals surface area contributed by atoms with E-state index in [0.717, 1.165) is 42.1 Å². The molecule has 1 saturated heterocycles. The molecule has 1 amide bonds. The van der Waals surface area contributed by atoms with Crippen LogP contribution in [0.1, 0.15) is 18.4 Å². The SMILES string of the molecule is CSc1ccccc1NC(=S)N1CCC2(C=C(C(=O)NCc3ccc(Cl)cc3)NO2)CC1. The van der Waals surface area contributed by atoms with Crippen molar-refractivity contribution in [2.24, 2.45) is 0 Å². The van der Waals surface area contributed by atoms with Crippen molar-refractivity contribution in [2.45, 2.75) is 29.9 Å². The summed E-state index contributed by atoms with van der Waals surface area (Å²) < 4.78 is 0. The minimum atomic E-state index is -0.490. The highest BCUT2D eigenvalue weighted by molar-refractivity contribution is 7.98. The van der Waals surface area contributed by atoms with Crippen molar-refractivity contribution in [1.29, 1.82) is 0 Å². The second kappa shape index (κ2) is 10.1. The lowest BCUT2D eigenvalue weighted by atomic mass is 9.91. The predicted octanol–water partition coefficient (Wildman–Crippen LogP) is 4.33. The Balaban J connectivity index is 1.30. The van der Waals surface area contributed by atoms with Gasteiger partial charge in [0.15, 0.2) is 5.11 Å². The second-order valence-corrected chi connectivity index (χ2v) is 9.42. The number of halogens is 1. The molecule has 2 aliphatic rings. The minimum absolute atomic E-state index is 0.190. The molecule has 0 aromatic heterocycles. The third kappa shape index (κ3) is 5.38. The van der Waals surface area contributed by atoms with Gasteiger partial charge in [0, 0.05) is 42.4 Å². The van der Waals surface area contributed by atoms with Crippen LogP contribution in [0, 0.1) is 0 Å². The Morgan fingerprint density at radius 3 is 2.66 bits per heavy atom. The van der Waals surface area contributed by atoms with Gasteiger partial charge in [-0.25, -0.2) is 0 Å². The molecule has 0 unspecified atom stereocenters. The molecule has 0 saturated carbocycles. The molecule has 32 heavy (non-hydrogen) atoms. The molecule has 0 atom stereocenters. The van der Waals surface area contributed by atoms with E-state index in [1.165, 1.54) is 0 Å². The van der Waals surface area contributed by atoms with Gasteiger partial charge in [0.05, 0.1) is 5.69 Å². The average molecular weight is 489 g/mol. The molecule has 2 heterocycles. The van der Waals surface area contributed by atoms with E-state index in [1.807, 2.05) is 42.7 Å². The van der Waals surface area contributed by atoms with Crippen molar-refractivity contribution in [3.63, 3.8) is 0 Å². The van der Waals surface area contributed by atoms with Crippen molar-refractivity contribution in [3.8, 4) is 0 Å². The normalized spacial score (nSPS) is 16.9. The van der Waals surface area contributed by atoms with Crippen LogP contribution in [-0.2, 0) is 16.2 Å². The van der Waals surface area contributed by atoms with Gasteiger partial charge in [0.1, 0.15) is 11.3 Å². The molecule has 3 N–H and O–H groups in total. The monoisotopic (exact) mass is 488 g/mol. The number of amides is 1. The third-order valence-electron chi connectivity index (χ3n) is 5.63. The number of para-hydroxylation sites is 1. The number of thioether (sulfide) groups is 1. The summed E-state index contributed by atoms with van der Waals surface area (Å²) in [4.78, 5) is 21.7. The maximum Gasteiger partial charge on any atom is 0.269 e. The summed E-state index contributed by atoms with van der Waals surface area (Å²) in [6.07, 6.45) is 5.43. The number of piperidine rings is 1. The number of hydrogen-bond donors (Lipinski definition) is 3. The molecule has 0 bridgehead atoms. The number of hydroxylamine groups is 1. The number of benzene rings is 2. The van der Waals surface area contributed by atoms with E-state index in [4.69, 9.17) is 28.7 Å². The van der Waals surface area contributed by atoms with Crippen LogP contribution in [0.3, 0.4) is 0 Å². The van der Waals surface area contributed by atoms with E-state index in [1.54, 1.807) is 23.9 Å². The molecule has 2 aliphatic heterocycles. The van der Waals surface area contributed by atoms with Gasteiger partial charge in [-0.05, 0) is 54.4 Å². The van der Waals surface area contributed by atoms with Gasteiger partial charge in [-0.3, -0.25) is 15.1 Å². The van der Waals surface area contributed by atoms with Gasteiger partial charge < -0.3 is 15.5 Å². The largest absolute Gasteiger partial charge is 0.349 e. The standard InChI is InChI=1S/C23H25ClN4O2S2/c1-32-20-5-3-2-4-18(20)26-22(31)28-12-10-23(11-13-28)14-19(27-30-23)21(29)25-15-16-6-8-17(24)9-7-16/h2-9,14,27H,10-13,15H2,1H3,(H,25,29)(H,26,31). The fourth-order valence-corrected chi connectivity index (χ4v) is 4.72. The topological polar surface area (TPSA) is 65.6 Å². The molecule has 6 nitrogen and oxygen atoms in total. The maximum absolute atomic E-state index is 12.6. The highest BCUT2D eigenvalue weighted by atomic mass is 35.5. The van der Waals surface area contributed by atoms with Gasteiger partial charge in [-0.1, -0.05) is 35.9 Å². The van der Waals surface area contributed by atoms with Crippen molar-refractivity contribution in [3.05, 3.63) is 70.9 Å². The van der Waals surface area contributed by atoms with Crippen LogP contribution in [0.25, 0.3) is 0 Å². The van der Waals surface area contributed by atoms with Crippen molar-refractivity contribution >= 4 is 52.3 Å². The first-order valence-electron chi connectivity index (χ1n) is 10.4. The number of carbonyl (C=O) groups excluding carboxylic acids is 1. The van der Waals surface area contributed by atoms with Crippen LogP contribution in [0.4, 0.5) is 5.69 Å². The lowest BCUT2D eigenvalue weighted by molar-refractivity contribution is -0.120. The highest BCUT2D eigenvalue weighted by Gasteiger charge is 2.40. The van der Waals surface area contributed by atoms with Crippen molar-refractivity contribution in [1.82, 2.24) is 15.7 Å². The summed E-state index contributed by atoms with van der Waals surface area (Å²) >= 11 is 13.2. The Morgan fingerprint density at radius 2 is 1.94 bits per heavy atom. The average Bonchev–Trinajstić information content (AvgIpc) is 3.23. The summed E-state index contributed by atoms with van der Waals surface area (Å²) in [5.74, 6) is -0.190. The third-order valence-corrected chi connectivity index (χ3v) is 7.04. The van der Waals surface area contributed by atoms with Crippen molar-refractivity contribution in [2.75, 3.05) is 24.7 Å². The number of thiocarbonyl (C=S) groups is 1. The smallest absolute Gasteiger partial charge is 0.269 e. The zero-order valence-corrected chi connectivity index (χ0v) is 20.1. The minimum Gasteiger partial charge on any atom is -0.349 e. The Bertz CT molecular complexity index is 1020. The number of hydrogen-bond acceptors (Lipinski definition) is 5. The van der Waals surface area contributed by atoms with Gasteiger partial charge in [-0.15, -0.1) is 11.8 Å². The number of likely N-dealkylation sites (tertiary alicyclic amines) is 1. The zero-order valence-electron chi connectivity index (χ0n) is 17.7. The number of rotatable bonds is 5. The summed E-state index contributed by atoms with van der Waals surface area (Å²) in [6, 6.07) is 15.5. The van der Waals surface area contributed by atoms with E-state index in [0.29, 0.717) is 22.4 Å². The maximum atomic E-state index is 12.6. The molecule has 0 radical (unpaired) electrons. The first kappa shape index (κ1) is 22.9. The van der Waals surface area contributed by atoms with E-state index in [9.17, 15) is 4.79 Å². The molecule has 2 aromatic rings. The molecule has 2 aromatic carbocycles. The first-order valence-corrected chi connectivity index (χ1v) is 12.4. The molecular weight excluding hydrogens is 464 g/mol. The summed E-state index contributed by atoms with van der Waals surface area (Å²) in [5.41, 5.74) is 4.77. The molecule has 1 spiro atoms. The number of carbonyl (C=O) groups is 1. The Morgan fingerprint density at radius 1 is 1.22 bits per heavy atom. The van der Waals surface area contributed by atoms with E-state index in [-0.39, 0.29) is 5.91 Å². The summed E-state index contributed by atoms with van der Waals surface area (Å²) in [6.45, 7) is 1.91.